The van der Waals surface area contributed by atoms with Gasteiger partial charge in [0.05, 0.1) is 6.61 Å². The summed E-state index contributed by atoms with van der Waals surface area (Å²) < 4.78 is 33.7. The van der Waals surface area contributed by atoms with Gasteiger partial charge in [-0.15, -0.1) is 0 Å². The third-order valence-electron chi connectivity index (χ3n) is 12.9. The van der Waals surface area contributed by atoms with Gasteiger partial charge in [0.1, 0.15) is 43.2 Å². The zero-order chi connectivity index (χ0) is 48.5. The molecule has 0 aromatic rings. The zero-order valence-corrected chi connectivity index (χ0v) is 42.7. The number of aliphatic hydroxyl groups is 5. The van der Waals surface area contributed by atoms with Crippen molar-refractivity contribution in [1.82, 2.24) is 0 Å². The molecule has 1 aliphatic rings. The molecular weight excluding hydrogens is 864 g/mol. The molecule has 0 aromatic carbocycles. The first-order valence-corrected chi connectivity index (χ1v) is 28.5. The number of hydrogen-bond donors (Lipinski definition) is 6. The lowest BCUT2D eigenvalue weighted by molar-refractivity contribution is -0.220. The Bertz CT molecular complexity index is 1200. The van der Waals surface area contributed by atoms with Gasteiger partial charge < -0.3 is 39.9 Å². The maximum Gasteiger partial charge on any atom is 0.472 e. The third kappa shape index (κ3) is 34.0. The van der Waals surface area contributed by atoms with Crippen molar-refractivity contribution in [1.29, 1.82) is 0 Å². The number of phosphoric ester groups is 1. The van der Waals surface area contributed by atoms with Crippen LogP contribution in [-0.2, 0) is 32.7 Å². The molecule has 0 heterocycles. The van der Waals surface area contributed by atoms with Gasteiger partial charge in [0.25, 0.3) is 0 Å². The Morgan fingerprint density at radius 2 is 0.773 bits per heavy atom. The van der Waals surface area contributed by atoms with Crippen LogP contribution in [-0.4, -0.2) is 98.3 Å². The number of unbranched alkanes of at least 4 members (excludes halogenated alkanes) is 32. The molecule has 1 aliphatic carbocycles. The number of carbonyl (C=O) groups is 2. The van der Waals surface area contributed by atoms with Gasteiger partial charge in [0, 0.05) is 12.8 Å². The van der Waals surface area contributed by atoms with Gasteiger partial charge >= 0.3 is 19.8 Å². The van der Waals surface area contributed by atoms with E-state index in [2.05, 4.69) is 26.0 Å². The fraction of sp³-hybridized carbons (Fsp3) is 0.923. The molecule has 66 heavy (non-hydrogen) atoms. The zero-order valence-electron chi connectivity index (χ0n) is 41.8. The van der Waals surface area contributed by atoms with Crippen LogP contribution in [0.5, 0.6) is 0 Å². The number of esters is 2. The summed E-state index contributed by atoms with van der Waals surface area (Å²) in [6, 6.07) is 0. The second kappa shape index (κ2) is 42.5. The van der Waals surface area contributed by atoms with Gasteiger partial charge in [-0.2, -0.15) is 0 Å². The number of aliphatic hydroxyl groups excluding tert-OH is 5. The molecule has 1 fully saturated rings. The minimum absolute atomic E-state index is 0.0965. The standard InChI is InChI=1S/C52H99O13P/c1-3-5-7-9-11-13-15-17-19-21-23-25-27-29-31-33-35-37-39-41-46(54)64-44(43-63-66(60,61)65-52-50(58)48(56)47(55)49(57)51(52)59)42-62-45(53)40-38-36-34-32-30-28-26-24-22-20-18-16-14-12-10-8-6-4-2/h21,23,44,47-52,55-59H,3-20,22,24-43H2,1-2H3,(H,60,61)/b23-21-/t44-,47?,48-,49?,50?,51?,52?/m1/s1. The van der Waals surface area contributed by atoms with Crippen molar-refractivity contribution in [3.8, 4) is 0 Å². The molecule has 0 aromatic heterocycles. The monoisotopic (exact) mass is 963 g/mol. The molecule has 0 radical (unpaired) electrons. The van der Waals surface area contributed by atoms with E-state index < -0.39 is 75.7 Å². The van der Waals surface area contributed by atoms with Gasteiger partial charge in [-0.1, -0.05) is 212 Å². The van der Waals surface area contributed by atoms with Crippen molar-refractivity contribution in [3.63, 3.8) is 0 Å². The van der Waals surface area contributed by atoms with Crippen molar-refractivity contribution in [3.05, 3.63) is 12.2 Å². The lowest BCUT2D eigenvalue weighted by Gasteiger charge is -2.41. The van der Waals surface area contributed by atoms with Crippen LogP contribution in [0.1, 0.15) is 251 Å². The Morgan fingerprint density at radius 3 is 1.15 bits per heavy atom. The second-order valence-corrected chi connectivity index (χ2v) is 20.5. The first kappa shape index (κ1) is 62.6. The molecule has 14 heteroatoms. The second-order valence-electron chi connectivity index (χ2n) is 19.1. The highest BCUT2D eigenvalue weighted by molar-refractivity contribution is 7.47. The maximum atomic E-state index is 12.9. The Morgan fingerprint density at radius 1 is 0.455 bits per heavy atom. The van der Waals surface area contributed by atoms with E-state index >= 15 is 0 Å². The topological polar surface area (TPSA) is 210 Å². The Labute approximate surface area is 401 Å². The molecule has 8 atom stereocenters. The van der Waals surface area contributed by atoms with Crippen LogP contribution in [0.2, 0.25) is 0 Å². The molecule has 1 saturated carbocycles. The summed E-state index contributed by atoms with van der Waals surface area (Å²) in [5.74, 6) is -1.09. The molecule has 6 N–H and O–H groups in total. The Hall–Kier alpha value is -1.41. The smallest absolute Gasteiger partial charge is 0.462 e. The van der Waals surface area contributed by atoms with Crippen molar-refractivity contribution in [2.75, 3.05) is 13.2 Å². The average molecular weight is 963 g/mol. The number of phosphoric acid groups is 1. The van der Waals surface area contributed by atoms with Gasteiger partial charge in [-0.25, -0.2) is 4.57 Å². The van der Waals surface area contributed by atoms with Crippen LogP contribution in [0.4, 0.5) is 0 Å². The molecular formula is C52H99O13P. The normalized spacial score (nSPS) is 21.3. The van der Waals surface area contributed by atoms with Crippen LogP contribution in [0.25, 0.3) is 0 Å². The van der Waals surface area contributed by atoms with Crippen LogP contribution in [0, 0.1) is 0 Å². The third-order valence-corrected chi connectivity index (χ3v) is 13.8. The molecule has 6 unspecified atom stereocenters. The SMILES string of the molecule is CCCCCCCCCC/C=C\CCCCCCCCCC(=O)O[C@H](COC(=O)CCCCCCCCCCCCCCCCCCCC)COP(=O)(O)OC1C(O)C(O)C(O)[C@@H](O)C1O. The van der Waals surface area contributed by atoms with Crippen molar-refractivity contribution in [2.24, 2.45) is 0 Å². The minimum atomic E-state index is -5.12. The van der Waals surface area contributed by atoms with Crippen LogP contribution >= 0.6 is 7.82 Å². The van der Waals surface area contributed by atoms with Gasteiger partial charge in [-0.05, 0) is 38.5 Å². The summed E-state index contributed by atoms with van der Waals surface area (Å²) in [5, 5.41) is 50.3. The largest absolute Gasteiger partial charge is 0.472 e. The van der Waals surface area contributed by atoms with E-state index in [1.807, 2.05) is 0 Å². The summed E-state index contributed by atoms with van der Waals surface area (Å²) >= 11 is 0. The van der Waals surface area contributed by atoms with E-state index in [1.165, 1.54) is 161 Å². The minimum Gasteiger partial charge on any atom is -0.462 e. The van der Waals surface area contributed by atoms with E-state index in [0.29, 0.717) is 12.8 Å². The summed E-state index contributed by atoms with van der Waals surface area (Å²) in [5.41, 5.74) is 0. The molecule has 1 rings (SSSR count). The van der Waals surface area contributed by atoms with Crippen molar-refractivity contribution in [2.45, 2.75) is 294 Å². The van der Waals surface area contributed by atoms with E-state index in [-0.39, 0.29) is 12.8 Å². The molecule has 0 spiro atoms. The van der Waals surface area contributed by atoms with E-state index in [0.717, 1.165) is 51.4 Å². The van der Waals surface area contributed by atoms with Crippen LogP contribution in [0.3, 0.4) is 0 Å². The lowest BCUT2D eigenvalue weighted by atomic mass is 9.85. The number of carbonyl (C=O) groups excluding carboxylic acids is 2. The van der Waals surface area contributed by atoms with Gasteiger partial charge in [-0.3, -0.25) is 18.6 Å². The van der Waals surface area contributed by atoms with Crippen molar-refractivity contribution < 1.29 is 63.1 Å². The molecule has 0 aliphatic heterocycles. The molecule has 390 valence electrons. The van der Waals surface area contributed by atoms with Gasteiger partial charge in [0.15, 0.2) is 6.10 Å². The highest BCUT2D eigenvalue weighted by atomic mass is 31.2. The van der Waals surface area contributed by atoms with E-state index in [1.54, 1.807) is 0 Å². The first-order chi connectivity index (χ1) is 31.9. The first-order valence-electron chi connectivity index (χ1n) is 27.0. The summed E-state index contributed by atoms with van der Waals surface area (Å²) in [7, 11) is -5.12. The molecule has 0 amide bonds. The highest BCUT2D eigenvalue weighted by Crippen LogP contribution is 2.47. The predicted molar refractivity (Wildman–Crippen MR) is 263 cm³/mol. The highest BCUT2D eigenvalue weighted by Gasteiger charge is 2.51. The average Bonchev–Trinajstić information content (AvgIpc) is 3.30. The molecule has 0 saturated heterocycles. The number of ether oxygens (including phenoxy) is 2. The predicted octanol–water partition coefficient (Wildman–Crippen LogP) is 11.8. The van der Waals surface area contributed by atoms with Gasteiger partial charge in [0.2, 0.25) is 0 Å². The maximum absolute atomic E-state index is 12.9. The lowest BCUT2D eigenvalue weighted by Crippen LogP contribution is -2.64. The quantitative estimate of drug-likeness (QED) is 0.0145. The summed E-state index contributed by atoms with van der Waals surface area (Å²) in [4.78, 5) is 35.9. The van der Waals surface area contributed by atoms with Crippen LogP contribution < -0.4 is 0 Å². The molecule has 0 bridgehead atoms. The van der Waals surface area contributed by atoms with E-state index in [9.17, 15) is 44.6 Å². The number of hydrogen-bond acceptors (Lipinski definition) is 12. The Kier molecular flexibility index (Phi) is 40.3. The summed E-state index contributed by atoms with van der Waals surface area (Å²) in [6.07, 6.45) is 34.0. The fourth-order valence-electron chi connectivity index (χ4n) is 8.52. The van der Waals surface area contributed by atoms with Crippen molar-refractivity contribution >= 4 is 19.8 Å². The summed E-state index contributed by atoms with van der Waals surface area (Å²) in [6.45, 7) is 3.35. The fourth-order valence-corrected chi connectivity index (χ4v) is 9.49. The number of rotatable bonds is 46. The van der Waals surface area contributed by atoms with E-state index in [4.69, 9.17) is 18.5 Å². The number of allylic oxidation sites excluding steroid dienone is 2. The Balaban J connectivity index is 2.37. The molecule has 13 nitrogen and oxygen atoms in total. The van der Waals surface area contributed by atoms with Crippen LogP contribution in [0.15, 0.2) is 12.2 Å².